The summed E-state index contributed by atoms with van der Waals surface area (Å²) in [5.41, 5.74) is 4.61. The van der Waals surface area contributed by atoms with Gasteiger partial charge in [-0.2, -0.15) is 0 Å². The number of benzene rings is 2. The molecule has 9 nitrogen and oxygen atoms in total. The second kappa shape index (κ2) is 10.8. The molecule has 0 radical (unpaired) electrons. The standard InChI is InChI=1S/C26H24N6O3S/c1-3-15-36(34,35)32-21-10-7-19(8-11-21)25(33)29-22-9-6-18(2)24(16-22)31-26-28-14-12-23(30-26)20-5-4-13-27-17-20/h3-14,16-17,32H,1,15H2,2H3,(H,29,33)(H,28,30,31). The highest BCUT2D eigenvalue weighted by molar-refractivity contribution is 7.92. The normalized spacial score (nSPS) is 10.9. The van der Waals surface area contributed by atoms with Crippen LogP contribution < -0.4 is 15.4 Å². The summed E-state index contributed by atoms with van der Waals surface area (Å²) >= 11 is 0. The summed E-state index contributed by atoms with van der Waals surface area (Å²) in [4.78, 5) is 25.7. The molecule has 0 saturated carbocycles. The second-order valence-electron chi connectivity index (χ2n) is 7.87. The number of anilines is 4. The Hall–Kier alpha value is -4.57. The third-order valence-electron chi connectivity index (χ3n) is 5.11. The van der Waals surface area contributed by atoms with E-state index < -0.39 is 10.0 Å². The maximum atomic E-state index is 12.8. The van der Waals surface area contributed by atoms with Gasteiger partial charge in [0.25, 0.3) is 5.91 Å². The number of rotatable bonds is 9. The van der Waals surface area contributed by atoms with Gasteiger partial charge >= 0.3 is 0 Å². The number of nitrogens with one attached hydrogen (secondary N) is 3. The van der Waals surface area contributed by atoms with Gasteiger partial charge < -0.3 is 10.6 Å². The van der Waals surface area contributed by atoms with E-state index in [1.807, 2.05) is 25.1 Å². The molecule has 4 rings (SSSR count). The minimum Gasteiger partial charge on any atom is -0.324 e. The monoisotopic (exact) mass is 500 g/mol. The number of sulfonamides is 1. The van der Waals surface area contributed by atoms with E-state index in [0.717, 1.165) is 22.5 Å². The van der Waals surface area contributed by atoms with Crippen molar-refractivity contribution < 1.29 is 13.2 Å². The summed E-state index contributed by atoms with van der Waals surface area (Å²) in [5, 5.41) is 6.07. The molecule has 0 aliphatic rings. The molecular weight excluding hydrogens is 476 g/mol. The average Bonchev–Trinajstić information content (AvgIpc) is 2.87. The van der Waals surface area contributed by atoms with Crippen LogP contribution in [0.25, 0.3) is 11.3 Å². The fourth-order valence-electron chi connectivity index (χ4n) is 3.32. The predicted octanol–water partition coefficient (Wildman–Crippen LogP) is 4.77. The third-order valence-corrected chi connectivity index (χ3v) is 6.33. The number of aryl methyl sites for hydroxylation is 1. The number of carbonyl (C=O) groups is 1. The SMILES string of the molecule is C=CCS(=O)(=O)Nc1ccc(C(=O)Nc2ccc(C)c(Nc3nccc(-c4cccnc4)n3)c2)cc1. The summed E-state index contributed by atoms with van der Waals surface area (Å²) < 4.78 is 26.2. The van der Waals surface area contributed by atoms with Crippen LogP contribution in [0.5, 0.6) is 0 Å². The van der Waals surface area contributed by atoms with Gasteiger partial charge in [-0.1, -0.05) is 12.1 Å². The summed E-state index contributed by atoms with van der Waals surface area (Å²) in [7, 11) is -3.51. The fraction of sp³-hybridized carbons (Fsp3) is 0.0769. The fourth-order valence-corrected chi connectivity index (χ4v) is 4.21. The van der Waals surface area contributed by atoms with Crippen LogP contribution in [0.4, 0.5) is 23.0 Å². The molecule has 10 heteroatoms. The van der Waals surface area contributed by atoms with Gasteiger partial charge in [0.05, 0.1) is 11.4 Å². The van der Waals surface area contributed by atoms with Gasteiger partial charge in [0.15, 0.2) is 0 Å². The molecule has 2 aromatic carbocycles. The molecule has 1 amide bonds. The molecule has 0 spiro atoms. The Bertz CT molecular complexity index is 1490. The van der Waals surface area contributed by atoms with Crippen molar-refractivity contribution in [1.82, 2.24) is 15.0 Å². The maximum Gasteiger partial charge on any atom is 0.255 e. The highest BCUT2D eigenvalue weighted by Gasteiger charge is 2.11. The van der Waals surface area contributed by atoms with Gasteiger partial charge in [-0.15, -0.1) is 6.58 Å². The number of amides is 1. The van der Waals surface area contributed by atoms with Crippen molar-refractivity contribution in [1.29, 1.82) is 0 Å². The van der Waals surface area contributed by atoms with Crippen molar-refractivity contribution in [2.75, 3.05) is 21.1 Å². The van der Waals surface area contributed by atoms with E-state index in [-0.39, 0.29) is 11.7 Å². The topological polar surface area (TPSA) is 126 Å². The smallest absolute Gasteiger partial charge is 0.255 e. The van der Waals surface area contributed by atoms with Crippen LogP contribution in [0.2, 0.25) is 0 Å². The van der Waals surface area contributed by atoms with Crippen LogP contribution in [-0.4, -0.2) is 35.0 Å². The van der Waals surface area contributed by atoms with E-state index in [9.17, 15) is 13.2 Å². The van der Waals surface area contributed by atoms with Crippen LogP contribution in [0, 0.1) is 6.92 Å². The third kappa shape index (κ3) is 6.30. The van der Waals surface area contributed by atoms with Gasteiger partial charge in [0, 0.05) is 46.8 Å². The first-order chi connectivity index (χ1) is 17.3. The number of hydrogen-bond donors (Lipinski definition) is 3. The van der Waals surface area contributed by atoms with Gasteiger partial charge in [-0.25, -0.2) is 18.4 Å². The molecule has 0 fully saturated rings. The highest BCUT2D eigenvalue weighted by atomic mass is 32.2. The number of nitrogens with zero attached hydrogens (tertiary/aromatic N) is 3. The minimum atomic E-state index is -3.51. The predicted molar refractivity (Wildman–Crippen MR) is 142 cm³/mol. The molecule has 0 aliphatic heterocycles. The molecule has 2 heterocycles. The van der Waals surface area contributed by atoms with E-state index in [1.54, 1.807) is 48.9 Å². The quantitative estimate of drug-likeness (QED) is 0.283. The summed E-state index contributed by atoms with van der Waals surface area (Å²) in [6.45, 7) is 5.37. The largest absolute Gasteiger partial charge is 0.324 e. The van der Waals surface area contributed by atoms with Gasteiger partial charge in [-0.05, 0) is 67.1 Å². The molecule has 36 heavy (non-hydrogen) atoms. The van der Waals surface area contributed by atoms with E-state index in [2.05, 4.69) is 36.9 Å². The molecule has 182 valence electrons. The first kappa shape index (κ1) is 24.6. The lowest BCUT2D eigenvalue weighted by Crippen LogP contribution is -2.16. The zero-order chi connectivity index (χ0) is 25.5. The summed E-state index contributed by atoms with van der Waals surface area (Å²) in [5.74, 6) is -0.116. The molecule has 0 atom stereocenters. The number of hydrogen-bond acceptors (Lipinski definition) is 7. The first-order valence-electron chi connectivity index (χ1n) is 11.0. The van der Waals surface area contributed by atoms with Gasteiger partial charge in [0.1, 0.15) is 0 Å². The second-order valence-corrected chi connectivity index (χ2v) is 9.63. The molecular formula is C26H24N6O3S. The lowest BCUT2D eigenvalue weighted by molar-refractivity contribution is 0.102. The number of aromatic nitrogens is 3. The molecule has 0 bridgehead atoms. The average molecular weight is 501 g/mol. The molecule has 2 aromatic heterocycles. The van der Waals surface area contributed by atoms with Gasteiger partial charge in [-0.3, -0.25) is 14.5 Å². The van der Waals surface area contributed by atoms with Crippen LogP contribution in [-0.2, 0) is 10.0 Å². The number of carbonyl (C=O) groups excluding carboxylic acids is 1. The van der Waals surface area contributed by atoms with Crippen molar-refractivity contribution in [3.63, 3.8) is 0 Å². The van der Waals surface area contributed by atoms with E-state index in [1.165, 1.54) is 18.2 Å². The Balaban J connectivity index is 1.46. The van der Waals surface area contributed by atoms with Crippen LogP contribution in [0.15, 0.2) is 91.9 Å². The van der Waals surface area contributed by atoms with Crippen molar-refractivity contribution in [2.45, 2.75) is 6.92 Å². The van der Waals surface area contributed by atoms with Crippen molar-refractivity contribution in [3.8, 4) is 11.3 Å². The van der Waals surface area contributed by atoms with Crippen molar-refractivity contribution in [3.05, 3.63) is 103 Å². The minimum absolute atomic E-state index is 0.197. The zero-order valence-electron chi connectivity index (χ0n) is 19.5. The molecule has 0 aliphatic carbocycles. The Kier molecular flexibility index (Phi) is 7.36. The van der Waals surface area contributed by atoms with E-state index in [0.29, 0.717) is 22.9 Å². The Labute approximate surface area is 209 Å². The van der Waals surface area contributed by atoms with Crippen LogP contribution in [0.3, 0.4) is 0 Å². The van der Waals surface area contributed by atoms with Gasteiger partial charge in [0.2, 0.25) is 16.0 Å². The van der Waals surface area contributed by atoms with E-state index in [4.69, 9.17) is 0 Å². The van der Waals surface area contributed by atoms with E-state index >= 15 is 0 Å². The lowest BCUT2D eigenvalue weighted by Gasteiger charge is -2.12. The maximum absolute atomic E-state index is 12.8. The highest BCUT2D eigenvalue weighted by Crippen LogP contribution is 2.25. The molecule has 0 saturated heterocycles. The van der Waals surface area contributed by atoms with Crippen molar-refractivity contribution >= 4 is 38.9 Å². The first-order valence-corrected chi connectivity index (χ1v) is 12.6. The Morgan fingerprint density at radius 3 is 2.53 bits per heavy atom. The van der Waals surface area contributed by atoms with Crippen LogP contribution >= 0.6 is 0 Å². The zero-order valence-corrected chi connectivity index (χ0v) is 20.3. The van der Waals surface area contributed by atoms with Crippen LogP contribution in [0.1, 0.15) is 15.9 Å². The molecule has 0 unspecified atom stereocenters. The Morgan fingerprint density at radius 2 is 1.81 bits per heavy atom. The summed E-state index contributed by atoms with van der Waals surface area (Å²) in [6.07, 6.45) is 6.40. The molecule has 3 N–H and O–H groups in total. The molecule has 4 aromatic rings. The lowest BCUT2D eigenvalue weighted by atomic mass is 10.1. The van der Waals surface area contributed by atoms with Crippen molar-refractivity contribution in [2.24, 2.45) is 0 Å². The summed E-state index contributed by atoms with van der Waals surface area (Å²) in [6, 6.07) is 17.2. The Morgan fingerprint density at radius 1 is 1.03 bits per heavy atom. The number of pyridine rings is 1.